The van der Waals surface area contributed by atoms with E-state index in [1.165, 1.54) is 6.33 Å². The molecule has 0 N–H and O–H groups in total. The van der Waals surface area contributed by atoms with Gasteiger partial charge in [-0.25, -0.2) is 18.6 Å². The lowest BCUT2D eigenvalue weighted by Gasteiger charge is -2.13. The Kier molecular flexibility index (Phi) is 3.17. The molecule has 0 aromatic carbocycles. The Hall–Kier alpha value is -2.32. The lowest BCUT2D eigenvalue weighted by atomic mass is 10.4. The van der Waals surface area contributed by atoms with Gasteiger partial charge in [-0.1, -0.05) is 5.21 Å². The van der Waals surface area contributed by atoms with E-state index in [4.69, 9.17) is 0 Å². The minimum Gasteiger partial charge on any atom is -0.337 e. The first-order valence-electron chi connectivity index (χ1n) is 6.38. The van der Waals surface area contributed by atoms with Crippen LogP contribution >= 0.6 is 0 Å². The van der Waals surface area contributed by atoms with Gasteiger partial charge in [-0.05, 0) is 12.8 Å². The number of rotatable bonds is 3. The van der Waals surface area contributed by atoms with E-state index in [1.807, 2.05) is 0 Å². The second kappa shape index (κ2) is 4.99. The van der Waals surface area contributed by atoms with Gasteiger partial charge in [0.1, 0.15) is 13.0 Å². The lowest BCUT2D eigenvalue weighted by Crippen LogP contribution is -2.31. The van der Waals surface area contributed by atoms with Crippen molar-refractivity contribution in [2.24, 2.45) is 0 Å². The second-order valence-corrected chi connectivity index (χ2v) is 4.57. The smallest absolute Gasteiger partial charge is 0.337 e. The van der Waals surface area contributed by atoms with E-state index < -0.39 is 12.4 Å². The number of amides is 1. The summed E-state index contributed by atoms with van der Waals surface area (Å²) in [6.45, 7) is 0.484. The maximum Gasteiger partial charge on any atom is 0.353 e. The van der Waals surface area contributed by atoms with Crippen LogP contribution in [0.1, 0.15) is 23.3 Å². The summed E-state index contributed by atoms with van der Waals surface area (Å²) in [5.41, 5.74) is -0.327. The average molecular weight is 280 g/mol. The Morgan fingerprint density at radius 2 is 2.10 bits per heavy atom. The summed E-state index contributed by atoms with van der Waals surface area (Å²) in [4.78, 5) is 29.9. The van der Waals surface area contributed by atoms with Crippen molar-refractivity contribution in [1.82, 2.24) is 29.3 Å². The fourth-order valence-electron chi connectivity index (χ4n) is 2.28. The number of hydrogen-bond donors (Lipinski definition) is 0. The summed E-state index contributed by atoms with van der Waals surface area (Å²) in [5.74, 6) is -0.248. The molecule has 0 atom stereocenters. The molecule has 9 heteroatoms. The van der Waals surface area contributed by atoms with Crippen molar-refractivity contribution >= 4 is 11.6 Å². The van der Waals surface area contributed by atoms with Crippen molar-refractivity contribution in [2.75, 3.05) is 19.8 Å². The zero-order valence-electron chi connectivity index (χ0n) is 10.7. The van der Waals surface area contributed by atoms with Crippen molar-refractivity contribution in [3.05, 3.63) is 22.5 Å². The maximum atomic E-state index is 12.3. The highest BCUT2D eigenvalue weighted by Gasteiger charge is 2.25. The molecule has 1 saturated heterocycles. The summed E-state index contributed by atoms with van der Waals surface area (Å²) < 4.78 is 14.3. The third-order valence-electron chi connectivity index (χ3n) is 3.31. The van der Waals surface area contributed by atoms with E-state index in [0.717, 1.165) is 21.9 Å². The van der Waals surface area contributed by atoms with Gasteiger partial charge in [0, 0.05) is 13.1 Å². The molecule has 106 valence electrons. The van der Waals surface area contributed by atoms with Gasteiger partial charge in [-0.2, -0.15) is 4.68 Å². The van der Waals surface area contributed by atoms with Gasteiger partial charge in [0.2, 0.25) is 0 Å². The molecule has 2 aromatic heterocycles. The normalized spacial score (nSPS) is 15.2. The summed E-state index contributed by atoms with van der Waals surface area (Å²) >= 11 is 0. The molecule has 3 rings (SSSR count). The van der Waals surface area contributed by atoms with Crippen molar-refractivity contribution in [1.29, 1.82) is 0 Å². The van der Waals surface area contributed by atoms with Crippen LogP contribution in [0.25, 0.3) is 5.65 Å². The van der Waals surface area contributed by atoms with E-state index in [-0.39, 0.29) is 23.8 Å². The molecule has 0 spiro atoms. The number of aryl methyl sites for hydroxylation is 1. The summed E-state index contributed by atoms with van der Waals surface area (Å²) in [6.07, 6.45) is 3.16. The number of aromatic nitrogens is 5. The van der Waals surface area contributed by atoms with Crippen molar-refractivity contribution in [2.45, 2.75) is 19.4 Å². The summed E-state index contributed by atoms with van der Waals surface area (Å²) in [6, 6.07) is 0. The number of alkyl halides is 1. The number of halogens is 1. The molecule has 8 nitrogen and oxygen atoms in total. The minimum absolute atomic E-state index is 0.113. The van der Waals surface area contributed by atoms with Crippen LogP contribution in [0.5, 0.6) is 0 Å². The van der Waals surface area contributed by atoms with Crippen molar-refractivity contribution in [3.8, 4) is 0 Å². The summed E-state index contributed by atoms with van der Waals surface area (Å²) in [7, 11) is 0. The number of likely N-dealkylation sites (tertiary alicyclic amines) is 1. The fourth-order valence-corrected chi connectivity index (χ4v) is 2.28. The van der Waals surface area contributed by atoms with Gasteiger partial charge in [0.25, 0.3) is 5.91 Å². The Balaban J connectivity index is 2.03. The molecule has 20 heavy (non-hydrogen) atoms. The first-order valence-corrected chi connectivity index (χ1v) is 6.38. The Morgan fingerprint density at radius 3 is 2.80 bits per heavy atom. The minimum atomic E-state index is -0.714. The van der Waals surface area contributed by atoms with Gasteiger partial charge in [-0.15, -0.1) is 5.10 Å². The third kappa shape index (κ3) is 1.95. The first-order chi connectivity index (χ1) is 9.72. The molecule has 0 radical (unpaired) electrons. The molecular formula is C11H13FN6O2. The highest BCUT2D eigenvalue weighted by Crippen LogP contribution is 2.13. The standard InChI is InChI=1S/C11H13FN6O2/c12-3-6-18-11(20)17-7-13-8(9(17)14-15-18)10(19)16-4-1-2-5-16/h7H,1-6H2. The predicted molar refractivity (Wildman–Crippen MR) is 66.2 cm³/mol. The maximum absolute atomic E-state index is 12.3. The quantitative estimate of drug-likeness (QED) is 0.756. The number of carbonyl (C=O) groups excluding carboxylic acids is 1. The van der Waals surface area contributed by atoms with Gasteiger partial charge >= 0.3 is 5.69 Å². The van der Waals surface area contributed by atoms with Crippen LogP contribution in [-0.4, -0.2) is 54.9 Å². The van der Waals surface area contributed by atoms with Gasteiger partial charge in [0.05, 0.1) is 6.54 Å². The molecule has 0 unspecified atom stereocenters. The van der Waals surface area contributed by atoms with Crippen molar-refractivity contribution < 1.29 is 9.18 Å². The monoisotopic (exact) mass is 280 g/mol. The van der Waals surface area contributed by atoms with Crippen LogP contribution in [0.15, 0.2) is 11.1 Å². The highest BCUT2D eigenvalue weighted by atomic mass is 19.1. The molecule has 0 aliphatic carbocycles. The van der Waals surface area contributed by atoms with Gasteiger partial charge in [-0.3, -0.25) is 4.79 Å². The molecule has 2 aromatic rings. The van der Waals surface area contributed by atoms with E-state index in [1.54, 1.807) is 4.90 Å². The molecule has 0 bridgehead atoms. The third-order valence-corrected chi connectivity index (χ3v) is 3.31. The van der Waals surface area contributed by atoms with E-state index in [9.17, 15) is 14.0 Å². The Bertz CT molecular complexity index is 702. The van der Waals surface area contributed by atoms with E-state index in [0.29, 0.717) is 13.1 Å². The number of hydrogen-bond acceptors (Lipinski definition) is 5. The second-order valence-electron chi connectivity index (χ2n) is 4.57. The molecule has 3 heterocycles. The zero-order chi connectivity index (χ0) is 14.1. The molecule has 0 saturated carbocycles. The Labute approximate surface area is 112 Å². The predicted octanol–water partition coefficient (Wildman–Crippen LogP) is -0.508. The fraction of sp³-hybridized carbons (Fsp3) is 0.545. The number of nitrogens with zero attached hydrogens (tertiary/aromatic N) is 6. The molecular weight excluding hydrogens is 267 g/mol. The lowest BCUT2D eigenvalue weighted by molar-refractivity contribution is 0.0789. The highest BCUT2D eigenvalue weighted by molar-refractivity contribution is 5.97. The first kappa shape index (κ1) is 12.7. The SMILES string of the molecule is O=C(c1ncn2c(=O)n(CCF)nnc12)N1CCCC1. The zero-order valence-corrected chi connectivity index (χ0v) is 10.7. The van der Waals surface area contributed by atoms with Crippen molar-refractivity contribution in [3.63, 3.8) is 0 Å². The number of fused-ring (bicyclic) bond motifs is 1. The van der Waals surface area contributed by atoms with E-state index in [2.05, 4.69) is 15.3 Å². The van der Waals surface area contributed by atoms with Crippen LogP contribution in [0, 0.1) is 0 Å². The van der Waals surface area contributed by atoms with Crippen LogP contribution in [0.2, 0.25) is 0 Å². The van der Waals surface area contributed by atoms with Gasteiger partial charge in [0.15, 0.2) is 11.3 Å². The average Bonchev–Trinajstić information content (AvgIpc) is 3.10. The van der Waals surface area contributed by atoms with Crippen LogP contribution in [0.4, 0.5) is 4.39 Å². The van der Waals surface area contributed by atoms with Gasteiger partial charge < -0.3 is 4.90 Å². The number of imidazole rings is 1. The van der Waals surface area contributed by atoms with E-state index >= 15 is 0 Å². The van der Waals surface area contributed by atoms with Crippen LogP contribution < -0.4 is 5.69 Å². The topological polar surface area (TPSA) is 85.4 Å². The molecule has 1 aliphatic heterocycles. The Morgan fingerprint density at radius 1 is 1.35 bits per heavy atom. The number of carbonyl (C=O) groups is 1. The van der Waals surface area contributed by atoms with Crippen LogP contribution in [0.3, 0.4) is 0 Å². The van der Waals surface area contributed by atoms with Crippen LogP contribution in [-0.2, 0) is 6.54 Å². The molecule has 1 amide bonds. The molecule has 1 aliphatic rings. The summed E-state index contributed by atoms with van der Waals surface area (Å²) in [5, 5.41) is 7.43. The largest absolute Gasteiger partial charge is 0.353 e. The molecule has 1 fully saturated rings.